The summed E-state index contributed by atoms with van der Waals surface area (Å²) >= 11 is 0. The Morgan fingerprint density at radius 2 is 2.07 bits per heavy atom. The Morgan fingerprint density at radius 1 is 1.29 bits per heavy atom. The molecule has 0 atom stereocenters. The van der Waals surface area contributed by atoms with Crippen LogP contribution >= 0.6 is 0 Å². The van der Waals surface area contributed by atoms with Crippen molar-refractivity contribution in [3.8, 4) is 0 Å². The summed E-state index contributed by atoms with van der Waals surface area (Å²) in [6.07, 6.45) is 0. The number of primary amides is 1. The predicted molar refractivity (Wildman–Crippen MR) is 50.2 cm³/mol. The molecular formula is C10H7FN2O. The number of carbonyl (C=O) groups is 1. The fourth-order valence-corrected chi connectivity index (χ4v) is 1.25. The minimum absolute atomic E-state index is 0.142. The SMILES string of the molecule is NC(=O)c1ccc2c(F)cccc2n1. The van der Waals surface area contributed by atoms with Crippen molar-refractivity contribution < 1.29 is 9.18 Å². The second-order valence-electron chi connectivity index (χ2n) is 2.87. The highest BCUT2D eigenvalue weighted by Gasteiger charge is 2.05. The zero-order valence-corrected chi connectivity index (χ0v) is 7.20. The van der Waals surface area contributed by atoms with E-state index in [0.717, 1.165) is 0 Å². The Hall–Kier alpha value is -1.97. The van der Waals surface area contributed by atoms with Crippen LogP contribution in [-0.4, -0.2) is 10.9 Å². The first-order chi connectivity index (χ1) is 6.68. The van der Waals surface area contributed by atoms with Crippen LogP contribution in [0.1, 0.15) is 10.5 Å². The van der Waals surface area contributed by atoms with Gasteiger partial charge in [-0.25, -0.2) is 9.37 Å². The average molecular weight is 190 g/mol. The van der Waals surface area contributed by atoms with E-state index in [9.17, 15) is 9.18 Å². The van der Waals surface area contributed by atoms with Gasteiger partial charge in [-0.1, -0.05) is 6.07 Å². The van der Waals surface area contributed by atoms with E-state index >= 15 is 0 Å². The monoisotopic (exact) mass is 190 g/mol. The number of pyridine rings is 1. The van der Waals surface area contributed by atoms with E-state index in [2.05, 4.69) is 4.98 Å². The topological polar surface area (TPSA) is 56.0 Å². The van der Waals surface area contributed by atoms with Crippen LogP contribution in [0.15, 0.2) is 30.3 Å². The van der Waals surface area contributed by atoms with Crippen LogP contribution in [0.3, 0.4) is 0 Å². The third-order valence-corrected chi connectivity index (χ3v) is 1.93. The van der Waals surface area contributed by atoms with Crippen LogP contribution in [0, 0.1) is 5.82 Å². The molecule has 0 saturated carbocycles. The quantitative estimate of drug-likeness (QED) is 0.740. The molecule has 2 aromatic rings. The first-order valence-electron chi connectivity index (χ1n) is 4.03. The predicted octanol–water partition coefficient (Wildman–Crippen LogP) is 1.47. The van der Waals surface area contributed by atoms with Crippen LogP contribution in [0.25, 0.3) is 10.9 Å². The van der Waals surface area contributed by atoms with E-state index in [4.69, 9.17) is 5.73 Å². The highest BCUT2D eigenvalue weighted by atomic mass is 19.1. The second-order valence-corrected chi connectivity index (χ2v) is 2.87. The van der Waals surface area contributed by atoms with Crippen LogP contribution in [0.2, 0.25) is 0 Å². The van der Waals surface area contributed by atoms with Crippen molar-refractivity contribution in [2.45, 2.75) is 0 Å². The number of amides is 1. The number of halogens is 1. The van der Waals surface area contributed by atoms with Gasteiger partial charge in [0.2, 0.25) is 0 Å². The lowest BCUT2D eigenvalue weighted by Gasteiger charge is -1.99. The number of hydrogen-bond donors (Lipinski definition) is 1. The number of carbonyl (C=O) groups excluding carboxylic acids is 1. The van der Waals surface area contributed by atoms with Gasteiger partial charge in [-0.3, -0.25) is 4.79 Å². The van der Waals surface area contributed by atoms with E-state index in [1.165, 1.54) is 24.3 Å². The Labute approximate surface area is 79.4 Å². The van der Waals surface area contributed by atoms with Crippen molar-refractivity contribution in [3.05, 3.63) is 41.8 Å². The summed E-state index contributed by atoms with van der Waals surface area (Å²) in [7, 11) is 0. The van der Waals surface area contributed by atoms with Crippen LogP contribution in [0.5, 0.6) is 0 Å². The minimum Gasteiger partial charge on any atom is -0.364 e. The van der Waals surface area contributed by atoms with Crippen LogP contribution in [0.4, 0.5) is 4.39 Å². The number of fused-ring (bicyclic) bond motifs is 1. The number of rotatable bonds is 1. The van der Waals surface area contributed by atoms with E-state index in [1.54, 1.807) is 6.07 Å². The molecule has 2 rings (SSSR count). The third-order valence-electron chi connectivity index (χ3n) is 1.93. The Kier molecular flexibility index (Phi) is 1.89. The van der Waals surface area contributed by atoms with Crippen molar-refractivity contribution in [1.82, 2.24) is 4.98 Å². The minimum atomic E-state index is -0.615. The van der Waals surface area contributed by atoms with Crippen molar-refractivity contribution >= 4 is 16.8 Å². The van der Waals surface area contributed by atoms with Gasteiger partial charge in [-0.2, -0.15) is 0 Å². The highest BCUT2D eigenvalue weighted by molar-refractivity contribution is 5.93. The van der Waals surface area contributed by atoms with Crippen molar-refractivity contribution in [1.29, 1.82) is 0 Å². The largest absolute Gasteiger partial charge is 0.364 e. The molecular weight excluding hydrogens is 183 g/mol. The zero-order chi connectivity index (χ0) is 10.1. The Morgan fingerprint density at radius 3 is 2.79 bits per heavy atom. The van der Waals surface area contributed by atoms with Gasteiger partial charge < -0.3 is 5.73 Å². The fourth-order valence-electron chi connectivity index (χ4n) is 1.25. The zero-order valence-electron chi connectivity index (χ0n) is 7.20. The van der Waals surface area contributed by atoms with E-state index in [0.29, 0.717) is 10.9 Å². The average Bonchev–Trinajstić information content (AvgIpc) is 2.17. The Bertz CT molecular complexity index is 510. The molecule has 4 heteroatoms. The standard InChI is InChI=1S/C10H7FN2O/c11-7-2-1-3-8-6(7)4-5-9(13-8)10(12)14/h1-5H,(H2,12,14). The smallest absolute Gasteiger partial charge is 0.267 e. The van der Waals surface area contributed by atoms with E-state index in [-0.39, 0.29) is 11.5 Å². The van der Waals surface area contributed by atoms with E-state index < -0.39 is 5.91 Å². The molecule has 0 bridgehead atoms. The maximum atomic E-state index is 13.2. The summed E-state index contributed by atoms with van der Waals surface area (Å²) in [6, 6.07) is 7.42. The molecule has 1 aromatic heterocycles. The lowest BCUT2D eigenvalue weighted by atomic mass is 10.2. The lowest BCUT2D eigenvalue weighted by Crippen LogP contribution is -2.12. The number of aromatic nitrogens is 1. The lowest BCUT2D eigenvalue weighted by molar-refractivity contribution is 0.0996. The maximum Gasteiger partial charge on any atom is 0.267 e. The van der Waals surface area contributed by atoms with Gasteiger partial charge in [0.25, 0.3) is 5.91 Å². The fraction of sp³-hybridized carbons (Fsp3) is 0. The van der Waals surface area contributed by atoms with Crippen molar-refractivity contribution in [3.63, 3.8) is 0 Å². The normalized spacial score (nSPS) is 10.4. The molecule has 0 aliphatic rings. The number of nitrogens with two attached hydrogens (primary N) is 1. The molecule has 1 amide bonds. The van der Waals surface area contributed by atoms with E-state index in [1.807, 2.05) is 0 Å². The molecule has 0 aliphatic carbocycles. The van der Waals surface area contributed by atoms with Crippen LogP contribution in [-0.2, 0) is 0 Å². The molecule has 3 nitrogen and oxygen atoms in total. The third kappa shape index (κ3) is 1.31. The summed E-state index contributed by atoms with van der Waals surface area (Å²) < 4.78 is 13.2. The molecule has 0 spiro atoms. The van der Waals surface area contributed by atoms with Gasteiger partial charge in [0.05, 0.1) is 5.52 Å². The van der Waals surface area contributed by atoms with Crippen molar-refractivity contribution in [2.75, 3.05) is 0 Å². The van der Waals surface area contributed by atoms with Crippen molar-refractivity contribution in [2.24, 2.45) is 5.73 Å². The summed E-state index contributed by atoms with van der Waals surface area (Å²) in [5.41, 5.74) is 5.62. The molecule has 0 unspecified atom stereocenters. The van der Waals surface area contributed by atoms with Gasteiger partial charge in [0.15, 0.2) is 0 Å². The Balaban J connectivity index is 2.73. The molecule has 70 valence electrons. The molecule has 1 aromatic carbocycles. The molecule has 14 heavy (non-hydrogen) atoms. The van der Waals surface area contributed by atoms with Gasteiger partial charge in [-0.05, 0) is 24.3 Å². The molecule has 0 radical (unpaired) electrons. The molecule has 1 heterocycles. The number of nitrogens with zero attached hydrogens (tertiary/aromatic N) is 1. The molecule has 0 saturated heterocycles. The second kappa shape index (κ2) is 3.06. The first-order valence-corrected chi connectivity index (χ1v) is 4.03. The first kappa shape index (κ1) is 8.62. The van der Waals surface area contributed by atoms with Crippen LogP contribution < -0.4 is 5.73 Å². The maximum absolute atomic E-state index is 13.2. The number of hydrogen-bond acceptors (Lipinski definition) is 2. The summed E-state index contributed by atoms with van der Waals surface area (Å²) in [6.45, 7) is 0. The van der Waals surface area contributed by atoms with Gasteiger partial charge in [0, 0.05) is 5.39 Å². The molecule has 0 aliphatic heterocycles. The molecule has 0 fully saturated rings. The molecule has 2 N–H and O–H groups in total. The summed E-state index contributed by atoms with van der Waals surface area (Å²) in [5.74, 6) is -0.970. The number of benzene rings is 1. The van der Waals surface area contributed by atoms with Gasteiger partial charge >= 0.3 is 0 Å². The van der Waals surface area contributed by atoms with Gasteiger partial charge in [0.1, 0.15) is 11.5 Å². The van der Waals surface area contributed by atoms with Gasteiger partial charge in [-0.15, -0.1) is 0 Å². The summed E-state index contributed by atoms with van der Waals surface area (Å²) in [4.78, 5) is 14.7. The highest BCUT2D eigenvalue weighted by Crippen LogP contribution is 2.15. The summed E-state index contributed by atoms with van der Waals surface area (Å²) in [5, 5.41) is 0.387.